The lowest BCUT2D eigenvalue weighted by atomic mass is 10.0. The number of nitrogens with zero attached hydrogens (tertiary/aromatic N) is 2. The van der Waals surface area contributed by atoms with Crippen LogP contribution in [0.5, 0.6) is 5.88 Å². The molecule has 140 valence electrons. The van der Waals surface area contributed by atoms with Crippen molar-refractivity contribution >= 4 is 27.2 Å². The monoisotopic (exact) mass is 396 g/mol. The molecule has 6 nitrogen and oxygen atoms in total. The summed E-state index contributed by atoms with van der Waals surface area (Å²) < 4.78 is 31.2. The predicted molar refractivity (Wildman–Crippen MR) is 101 cm³/mol. The van der Waals surface area contributed by atoms with Gasteiger partial charge in [0.15, 0.2) is 9.84 Å². The standard InChI is InChI=1S/C18H21ClN2O4S/c1-6-8-25-18-14(10-20-21(18)7-2)16(22)13-9-11(3)17(26(5,23)24)12(4)15(13)19/h6,9-10H,1,7-8H2,2-5H3. The summed E-state index contributed by atoms with van der Waals surface area (Å²) >= 11 is 6.35. The molecule has 0 aliphatic heterocycles. The normalized spacial score (nSPS) is 11.4. The average Bonchev–Trinajstić information content (AvgIpc) is 2.97. The highest BCUT2D eigenvalue weighted by Gasteiger charge is 2.26. The quantitative estimate of drug-likeness (QED) is 0.529. The van der Waals surface area contributed by atoms with Crippen LogP contribution in [-0.4, -0.2) is 36.8 Å². The van der Waals surface area contributed by atoms with Gasteiger partial charge in [-0.15, -0.1) is 0 Å². The average molecular weight is 397 g/mol. The molecule has 1 heterocycles. The number of ether oxygens (including phenoxy) is 1. The Labute approximate surface area is 158 Å². The van der Waals surface area contributed by atoms with Gasteiger partial charge in [0.05, 0.1) is 16.1 Å². The summed E-state index contributed by atoms with van der Waals surface area (Å²) in [4.78, 5) is 13.2. The fourth-order valence-corrected chi connectivity index (χ4v) is 4.46. The molecular formula is C18H21ClN2O4S. The van der Waals surface area contributed by atoms with Crippen LogP contribution >= 0.6 is 11.6 Å². The second-order valence-corrected chi connectivity index (χ2v) is 8.22. The molecule has 8 heteroatoms. The molecule has 0 aliphatic carbocycles. The molecule has 2 aromatic rings. The number of aryl methyl sites for hydroxylation is 2. The lowest BCUT2D eigenvalue weighted by Gasteiger charge is -2.14. The zero-order valence-corrected chi connectivity index (χ0v) is 16.7. The molecular weight excluding hydrogens is 376 g/mol. The third-order valence-electron chi connectivity index (χ3n) is 3.91. The van der Waals surface area contributed by atoms with E-state index in [4.69, 9.17) is 16.3 Å². The minimum Gasteiger partial charge on any atom is -0.473 e. The minimum absolute atomic E-state index is 0.111. The van der Waals surface area contributed by atoms with Gasteiger partial charge in [0.25, 0.3) is 0 Å². The molecule has 0 saturated heterocycles. The Morgan fingerprint density at radius 3 is 2.58 bits per heavy atom. The van der Waals surface area contributed by atoms with Gasteiger partial charge in [0.2, 0.25) is 11.7 Å². The smallest absolute Gasteiger partial charge is 0.223 e. The summed E-state index contributed by atoms with van der Waals surface area (Å²) in [6, 6.07) is 1.49. The number of ketones is 1. The SMILES string of the molecule is C=CCOc1c(C(=O)c2cc(C)c(S(C)(=O)=O)c(C)c2Cl)cnn1CC. The van der Waals surface area contributed by atoms with Crippen LogP contribution in [0.25, 0.3) is 0 Å². The maximum Gasteiger partial charge on any atom is 0.223 e. The van der Waals surface area contributed by atoms with E-state index in [9.17, 15) is 13.2 Å². The van der Waals surface area contributed by atoms with Crippen molar-refractivity contribution in [2.24, 2.45) is 0 Å². The van der Waals surface area contributed by atoms with Gasteiger partial charge >= 0.3 is 0 Å². The highest BCUT2D eigenvalue weighted by Crippen LogP contribution is 2.33. The number of carbonyl (C=O) groups excluding carboxylic acids is 1. The molecule has 2 rings (SSSR count). The highest BCUT2D eigenvalue weighted by molar-refractivity contribution is 7.90. The number of carbonyl (C=O) groups is 1. The molecule has 1 aromatic carbocycles. The first-order valence-corrected chi connectivity index (χ1v) is 10.2. The van der Waals surface area contributed by atoms with Crippen molar-refractivity contribution in [1.82, 2.24) is 9.78 Å². The van der Waals surface area contributed by atoms with Crippen LogP contribution in [0.4, 0.5) is 0 Å². The molecule has 0 fully saturated rings. The molecule has 0 amide bonds. The van der Waals surface area contributed by atoms with Gasteiger partial charge in [-0.1, -0.05) is 24.3 Å². The summed E-state index contributed by atoms with van der Waals surface area (Å²) in [5.41, 5.74) is 1.30. The van der Waals surface area contributed by atoms with E-state index < -0.39 is 9.84 Å². The van der Waals surface area contributed by atoms with Crippen LogP contribution in [0.3, 0.4) is 0 Å². The maximum atomic E-state index is 13.1. The van der Waals surface area contributed by atoms with Crippen LogP contribution in [0, 0.1) is 13.8 Å². The predicted octanol–water partition coefficient (Wildman–Crippen LogP) is 3.37. The largest absolute Gasteiger partial charge is 0.473 e. The second-order valence-electron chi connectivity index (χ2n) is 5.89. The first-order chi connectivity index (χ1) is 12.1. The molecule has 0 radical (unpaired) electrons. The van der Waals surface area contributed by atoms with Crippen LogP contribution in [-0.2, 0) is 16.4 Å². The number of hydrogen-bond acceptors (Lipinski definition) is 5. The van der Waals surface area contributed by atoms with Gasteiger partial charge in [0, 0.05) is 18.4 Å². The van der Waals surface area contributed by atoms with Gasteiger partial charge < -0.3 is 4.74 Å². The summed E-state index contributed by atoms with van der Waals surface area (Å²) in [7, 11) is -3.46. The zero-order chi connectivity index (χ0) is 19.6. The topological polar surface area (TPSA) is 78.3 Å². The van der Waals surface area contributed by atoms with Crippen LogP contribution in [0.1, 0.15) is 34.0 Å². The molecule has 0 spiro atoms. The fourth-order valence-electron chi connectivity index (χ4n) is 2.87. The van der Waals surface area contributed by atoms with Gasteiger partial charge in [-0.25, -0.2) is 13.1 Å². The number of aromatic nitrogens is 2. The van der Waals surface area contributed by atoms with Crippen molar-refractivity contribution in [1.29, 1.82) is 0 Å². The maximum absolute atomic E-state index is 13.1. The Bertz CT molecular complexity index is 978. The Morgan fingerprint density at radius 1 is 1.38 bits per heavy atom. The van der Waals surface area contributed by atoms with Crippen molar-refractivity contribution in [3.63, 3.8) is 0 Å². The third-order valence-corrected chi connectivity index (χ3v) is 5.77. The Morgan fingerprint density at radius 2 is 2.04 bits per heavy atom. The first kappa shape index (κ1) is 20.2. The Balaban J connectivity index is 2.62. The van der Waals surface area contributed by atoms with Crippen LogP contribution in [0.15, 0.2) is 29.8 Å². The van der Waals surface area contributed by atoms with Gasteiger partial charge in [0.1, 0.15) is 12.2 Å². The van der Waals surface area contributed by atoms with Crippen molar-refractivity contribution in [3.8, 4) is 5.88 Å². The first-order valence-electron chi connectivity index (χ1n) is 7.97. The molecule has 0 unspecified atom stereocenters. The van der Waals surface area contributed by atoms with E-state index in [1.807, 2.05) is 6.92 Å². The number of sulfone groups is 1. The summed E-state index contributed by atoms with van der Waals surface area (Å²) in [5.74, 6) is -0.0454. The van der Waals surface area contributed by atoms with Gasteiger partial charge in [-0.3, -0.25) is 4.79 Å². The van der Waals surface area contributed by atoms with Crippen LogP contribution in [0.2, 0.25) is 5.02 Å². The van der Waals surface area contributed by atoms with Gasteiger partial charge in [-0.2, -0.15) is 5.10 Å². The van der Waals surface area contributed by atoms with E-state index in [0.717, 1.165) is 6.26 Å². The molecule has 0 atom stereocenters. The molecule has 0 bridgehead atoms. The Hall–Kier alpha value is -2.12. The van der Waals surface area contributed by atoms with Gasteiger partial charge in [-0.05, 0) is 38.0 Å². The van der Waals surface area contributed by atoms with Crippen molar-refractivity contribution in [2.45, 2.75) is 32.2 Å². The van der Waals surface area contributed by atoms with Crippen molar-refractivity contribution < 1.29 is 17.9 Å². The number of benzene rings is 1. The molecule has 26 heavy (non-hydrogen) atoms. The summed E-state index contributed by atoms with van der Waals surface area (Å²) in [5, 5.41) is 4.27. The number of rotatable bonds is 7. The molecule has 1 aromatic heterocycles. The summed E-state index contributed by atoms with van der Waals surface area (Å²) in [6.45, 7) is 9.46. The zero-order valence-electron chi connectivity index (χ0n) is 15.2. The molecule has 0 saturated carbocycles. The van der Waals surface area contributed by atoms with Crippen molar-refractivity contribution in [2.75, 3.05) is 12.9 Å². The lowest BCUT2D eigenvalue weighted by Crippen LogP contribution is -2.11. The summed E-state index contributed by atoms with van der Waals surface area (Å²) in [6.07, 6.45) is 4.12. The molecule has 0 aliphatic rings. The van der Waals surface area contributed by atoms with Crippen LogP contribution < -0.4 is 4.74 Å². The van der Waals surface area contributed by atoms with Crippen molar-refractivity contribution in [3.05, 3.63) is 52.2 Å². The highest BCUT2D eigenvalue weighted by atomic mass is 35.5. The second kappa shape index (κ2) is 7.63. The van der Waals surface area contributed by atoms with E-state index in [1.165, 1.54) is 12.3 Å². The fraction of sp³-hybridized carbons (Fsp3) is 0.333. The Kier molecular flexibility index (Phi) is 5.93. The van der Waals surface area contributed by atoms with E-state index in [0.29, 0.717) is 23.6 Å². The molecule has 0 N–H and O–H groups in total. The van der Waals surface area contributed by atoms with E-state index >= 15 is 0 Å². The van der Waals surface area contributed by atoms with E-state index in [1.54, 1.807) is 24.6 Å². The lowest BCUT2D eigenvalue weighted by molar-refractivity contribution is 0.103. The minimum atomic E-state index is -3.46. The number of halogens is 1. The van der Waals surface area contributed by atoms with E-state index in [-0.39, 0.29) is 33.4 Å². The number of hydrogen-bond donors (Lipinski definition) is 0. The van der Waals surface area contributed by atoms with E-state index in [2.05, 4.69) is 11.7 Å². The third kappa shape index (κ3) is 3.68.